The standard InChI is InChI=1S/C71H64N4/c1-10-24-50(11-2)52-37-39-55(40-38-52)60(43-48(3)67-72-68(56-29-20-14-21-30-56)74-69(73-67)57-31-22-15-23-32-57)65(44-49-33-35-53(36-34-49)51-25-16-12-17-26-51)75-64-42-41-58(70(4,5)6)45-62(64)63-47-59(71(7,8)9)46-61(66(63)75)54-27-18-13-19-28-54/h10-14,16-22,24-47H,1-3,15,23H2,4-9H3/b50-24+,60-43-,65-44-. The molecule has 10 rings (SSSR count). The number of hydrogen-bond donors (Lipinski definition) is 0. The average molecular weight is 973 g/mol. The molecular weight excluding hydrogens is 909 g/mol. The van der Waals surface area contributed by atoms with Crippen molar-refractivity contribution in [3.63, 3.8) is 0 Å². The van der Waals surface area contributed by atoms with E-state index >= 15 is 0 Å². The van der Waals surface area contributed by atoms with Gasteiger partial charge in [-0.2, -0.15) is 0 Å². The number of allylic oxidation sites excluding steroid dienone is 12. The molecule has 0 amide bonds. The fraction of sp³-hybridized carbons (Fsp3) is 0.141. The molecular formula is C71H64N4. The van der Waals surface area contributed by atoms with Gasteiger partial charge in [-0.3, -0.25) is 0 Å². The highest BCUT2D eigenvalue weighted by Gasteiger charge is 2.27. The summed E-state index contributed by atoms with van der Waals surface area (Å²) in [7, 11) is 0. The van der Waals surface area contributed by atoms with Crippen LogP contribution in [0.3, 0.4) is 0 Å². The third kappa shape index (κ3) is 10.6. The Labute approximate surface area is 443 Å². The van der Waals surface area contributed by atoms with E-state index in [1.165, 1.54) is 27.5 Å². The van der Waals surface area contributed by atoms with Gasteiger partial charge < -0.3 is 4.57 Å². The van der Waals surface area contributed by atoms with Crippen molar-refractivity contribution in [2.24, 2.45) is 0 Å². The van der Waals surface area contributed by atoms with Crippen molar-refractivity contribution in [3.05, 3.63) is 272 Å². The van der Waals surface area contributed by atoms with Gasteiger partial charge in [-0.05, 0) is 110 Å². The Kier molecular flexibility index (Phi) is 14.0. The lowest BCUT2D eigenvalue weighted by Crippen LogP contribution is -2.11. The van der Waals surface area contributed by atoms with Crippen molar-refractivity contribution < 1.29 is 0 Å². The van der Waals surface area contributed by atoms with Crippen molar-refractivity contribution >= 4 is 55.9 Å². The molecule has 0 saturated carbocycles. The van der Waals surface area contributed by atoms with Crippen LogP contribution >= 0.6 is 0 Å². The Balaban J connectivity index is 1.33. The van der Waals surface area contributed by atoms with Crippen LogP contribution in [0.2, 0.25) is 0 Å². The summed E-state index contributed by atoms with van der Waals surface area (Å²) in [5, 5.41) is 2.38. The minimum absolute atomic E-state index is 0.0912. The van der Waals surface area contributed by atoms with Gasteiger partial charge >= 0.3 is 0 Å². The summed E-state index contributed by atoms with van der Waals surface area (Å²) < 4.78 is 2.50. The molecule has 2 heterocycles. The van der Waals surface area contributed by atoms with Crippen LogP contribution in [-0.2, 0) is 10.8 Å². The summed E-state index contributed by atoms with van der Waals surface area (Å²) in [4.78, 5) is 15.5. The van der Waals surface area contributed by atoms with Crippen LogP contribution in [-0.4, -0.2) is 19.5 Å². The van der Waals surface area contributed by atoms with Crippen molar-refractivity contribution in [2.75, 3.05) is 0 Å². The first kappa shape index (κ1) is 49.8. The molecule has 0 bridgehead atoms. The number of fused-ring (bicyclic) bond motifs is 3. The molecule has 0 fully saturated rings. The highest BCUT2D eigenvalue weighted by Crippen LogP contribution is 2.46. The molecule has 9 aromatic rings. The zero-order valence-corrected chi connectivity index (χ0v) is 44.1. The first-order valence-corrected chi connectivity index (χ1v) is 26.0. The monoisotopic (exact) mass is 973 g/mol. The maximum absolute atomic E-state index is 5.22. The first-order chi connectivity index (χ1) is 36.3. The van der Waals surface area contributed by atoms with E-state index in [0.717, 1.165) is 85.2 Å². The zero-order valence-electron chi connectivity index (χ0n) is 44.1. The van der Waals surface area contributed by atoms with Crippen molar-refractivity contribution in [1.82, 2.24) is 19.5 Å². The maximum atomic E-state index is 5.22. The molecule has 75 heavy (non-hydrogen) atoms. The molecule has 2 aromatic heterocycles. The Hall–Kier alpha value is -8.73. The molecule has 0 aliphatic heterocycles. The van der Waals surface area contributed by atoms with Gasteiger partial charge in [0, 0.05) is 38.6 Å². The minimum Gasteiger partial charge on any atom is -0.308 e. The number of benzene rings is 7. The third-order valence-corrected chi connectivity index (χ3v) is 14.1. The van der Waals surface area contributed by atoms with Crippen LogP contribution in [0.5, 0.6) is 0 Å². The van der Waals surface area contributed by atoms with Gasteiger partial charge in [-0.1, -0.05) is 243 Å². The lowest BCUT2D eigenvalue weighted by atomic mass is 9.83. The van der Waals surface area contributed by atoms with Gasteiger partial charge in [0.05, 0.1) is 16.7 Å². The van der Waals surface area contributed by atoms with Gasteiger partial charge in [-0.25, -0.2) is 15.0 Å². The fourth-order valence-corrected chi connectivity index (χ4v) is 9.90. The summed E-state index contributed by atoms with van der Waals surface area (Å²) in [5.74, 6) is 1.71. The van der Waals surface area contributed by atoms with Gasteiger partial charge in [-0.15, -0.1) is 0 Å². The molecule has 0 unspecified atom stereocenters. The predicted molar refractivity (Wildman–Crippen MR) is 322 cm³/mol. The molecule has 7 aromatic carbocycles. The number of aromatic nitrogens is 4. The zero-order chi connectivity index (χ0) is 52.3. The van der Waals surface area contributed by atoms with Crippen LogP contribution in [0.15, 0.2) is 232 Å². The quantitative estimate of drug-likeness (QED) is 0.108. The van der Waals surface area contributed by atoms with Crippen molar-refractivity contribution in [1.29, 1.82) is 0 Å². The fourth-order valence-electron chi connectivity index (χ4n) is 9.90. The smallest absolute Gasteiger partial charge is 0.164 e. The van der Waals surface area contributed by atoms with E-state index in [0.29, 0.717) is 23.0 Å². The molecule has 368 valence electrons. The van der Waals surface area contributed by atoms with E-state index in [-0.39, 0.29) is 10.8 Å². The van der Waals surface area contributed by atoms with Gasteiger partial charge in [0.15, 0.2) is 17.5 Å². The number of rotatable bonds is 13. The van der Waals surface area contributed by atoms with Crippen LogP contribution in [0, 0.1) is 0 Å². The molecule has 0 spiro atoms. The molecule has 0 saturated heterocycles. The highest BCUT2D eigenvalue weighted by atomic mass is 15.0. The second kappa shape index (κ2) is 21.0. The molecule has 1 aliphatic rings. The second-order valence-corrected chi connectivity index (χ2v) is 21.4. The second-order valence-electron chi connectivity index (χ2n) is 21.4. The van der Waals surface area contributed by atoms with E-state index < -0.39 is 0 Å². The van der Waals surface area contributed by atoms with Crippen LogP contribution < -0.4 is 0 Å². The van der Waals surface area contributed by atoms with E-state index in [9.17, 15) is 0 Å². The van der Waals surface area contributed by atoms with Crippen molar-refractivity contribution in [2.45, 2.75) is 65.2 Å². The largest absolute Gasteiger partial charge is 0.308 e. The SMILES string of the molecule is C=C/C=C(\C=C)c1ccc(C(=C/C(=C)c2nc(C3=CCCC=C3)nc(-c3ccccc3)n2)/C(=C/c2ccc(-c3ccccc3)cc2)n2c3ccc(C(C)(C)C)cc3c3cc(C(C)(C)C)cc(-c4ccccc4)c32)cc1. The summed E-state index contributed by atoms with van der Waals surface area (Å²) >= 11 is 0. The lowest BCUT2D eigenvalue weighted by Gasteiger charge is -2.23. The minimum atomic E-state index is -0.132. The lowest BCUT2D eigenvalue weighted by molar-refractivity contribution is 0.590. The summed E-state index contributed by atoms with van der Waals surface area (Å²) in [6, 6.07) is 61.1. The van der Waals surface area contributed by atoms with E-state index in [1.807, 2.05) is 42.5 Å². The van der Waals surface area contributed by atoms with Gasteiger partial charge in [0.25, 0.3) is 0 Å². The molecule has 0 radical (unpaired) electrons. The topological polar surface area (TPSA) is 43.6 Å². The molecule has 4 heteroatoms. The van der Waals surface area contributed by atoms with Crippen LogP contribution in [0.25, 0.3) is 89.5 Å². The summed E-state index contributed by atoms with van der Waals surface area (Å²) in [6.07, 6.45) is 18.6. The van der Waals surface area contributed by atoms with Gasteiger partial charge in [0.2, 0.25) is 0 Å². The van der Waals surface area contributed by atoms with Crippen LogP contribution in [0.4, 0.5) is 0 Å². The normalized spacial score (nSPS) is 13.5. The van der Waals surface area contributed by atoms with Gasteiger partial charge in [0.1, 0.15) is 0 Å². The molecule has 0 atom stereocenters. The Morgan fingerprint density at radius 2 is 1.17 bits per heavy atom. The number of hydrogen-bond acceptors (Lipinski definition) is 3. The average Bonchev–Trinajstić information content (AvgIpc) is 3.77. The summed E-state index contributed by atoms with van der Waals surface area (Å²) in [6.45, 7) is 26.8. The van der Waals surface area contributed by atoms with E-state index in [2.05, 4.69) is 229 Å². The van der Waals surface area contributed by atoms with E-state index in [1.54, 1.807) is 6.08 Å². The summed E-state index contributed by atoms with van der Waals surface area (Å²) in [5.41, 5.74) is 17.6. The maximum Gasteiger partial charge on any atom is 0.164 e. The number of nitrogens with zero attached hydrogens (tertiary/aromatic N) is 4. The predicted octanol–water partition coefficient (Wildman–Crippen LogP) is 18.9. The molecule has 0 N–H and O–H groups in total. The molecule has 4 nitrogen and oxygen atoms in total. The van der Waals surface area contributed by atoms with Crippen molar-refractivity contribution in [3.8, 4) is 33.6 Å². The highest BCUT2D eigenvalue weighted by molar-refractivity contribution is 6.20. The Morgan fingerprint density at radius 1 is 0.573 bits per heavy atom. The Morgan fingerprint density at radius 3 is 1.79 bits per heavy atom. The van der Waals surface area contributed by atoms with Crippen LogP contribution in [0.1, 0.15) is 93.9 Å². The third-order valence-electron chi connectivity index (χ3n) is 14.1. The Bertz CT molecular complexity index is 3770. The molecule has 1 aliphatic carbocycles. The van der Waals surface area contributed by atoms with E-state index in [4.69, 9.17) is 21.5 Å². The first-order valence-electron chi connectivity index (χ1n) is 26.0.